The largest absolute Gasteiger partial charge is 0.454 e. The van der Waals surface area contributed by atoms with Gasteiger partial charge in [-0.05, 0) is 86.3 Å². The number of para-hydroxylation sites is 1. The summed E-state index contributed by atoms with van der Waals surface area (Å²) in [5.74, 6) is 0. The summed E-state index contributed by atoms with van der Waals surface area (Å²) in [5.41, 5.74) is 11.3. The van der Waals surface area contributed by atoms with E-state index in [9.17, 15) is 0 Å². The minimum atomic E-state index is 0.816. The quantitative estimate of drug-likeness (QED) is 0.160. The molecule has 0 saturated carbocycles. The number of thiazole rings is 1. The summed E-state index contributed by atoms with van der Waals surface area (Å²) < 4.78 is 7.93. The highest BCUT2D eigenvalue weighted by Crippen LogP contribution is 2.49. The first-order chi connectivity index (χ1) is 27.2. The number of anilines is 3. The van der Waals surface area contributed by atoms with Crippen LogP contribution in [0.2, 0.25) is 0 Å². The Labute approximate surface area is 322 Å². The van der Waals surface area contributed by atoms with Gasteiger partial charge in [0, 0.05) is 27.7 Å². The first-order valence-electron chi connectivity index (χ1n) is 18.5. The molecule has 3 nitrogen and oxygen atoms in total. The van der Waals surface area contributed by atoms with Crippen molar-refractivity contribution >= 4 is 82.1 Å². The number of nitrogens with zero attached hydrogens (tertiary/aromatic N) is 2. The summed E-state index contributed by atoms with van der Waals surface area (Å²) in [6, 6.07) is 69.1. The molecular formula is C51H32N2OS. The summed E-state index contributed by atoms with van der Waals surface area (Å²) in [5, 5.41) is 8.17. The normalized spacial score (nSPS) is 11.6. The Balaban J connectivity index is 1.13. The van der Waals surface area contributed by atoms with E-state index in [1.54, 1.807) is 11.3 Å². The van der Waals surface area contributed by atoms with Gasteiger partial charge in [-0.2, -0.15) is 0 Å². The van der Waals surface area contributed by atoms with Crippen LogP contribution in [0.4, 0.5) is 17.1 Å². The van der Waals surface area contributed by atoms with Gasteiger partial charge in [0.25, 0.3) is 0 Å². The van der Waals surface area contributed by atoms with Crippen molar-refractivity contribution in [2.75, 3.05) is 4.90 Å². The number of aromatic nitrogens is 1. The van der Waals surface area contributed by atoms with Crippen molar-refractivity contribution in [3.63, 3.8) is 0 Å². The van der Waals surface area contributed by atoms with Crippen LogP contribution in [-0.2, 0) is 0 Å². The second-order valence-corrected chi connectivity index (χ2v) is 15.0. The van der Waals surface area contributed by atoms with Gasteiger partial charge in [-0.3, -0.25) is 0 Å². The number of hydrogen-bond acceptors (Lipinski definition) is 4. The Morgan fingerprint density at radius 1 is 0.418 bits per heavy atom. The number of rotatable bonds is 6. The highest BCUT2D eigenvalue weighted by atomic mass is 32.1. The van der Waals surface area contributed by atoms with Gasteiger partial charge in [0.1, 0.15) is 21.8 Å². The van der Waals surface area contributed by atoms with Gasteiger partial charge in [0.2, 0.25) is 0 Å². The smallest absolute Gasteiger partial charge is 0.161 e. The van der Waals surface area contributed by atoms with Crippen LogP contribution in [0.5, 0.6) is 0 Å². The molecule has 0 amide bonds. The van der Waals surface area contributed by atoms with Crippen LogP contribution in [0, 0.1) is 0 Å². The zero-order valence-corrected chi connectivity index (χ0v) is 30.5. The summed E-state index contributed by atoms with van der Waals surface area (Å²) >= 11 is 1.72. The third-order valence-electron chi connectivity index (χ3n) is 10.7. The Hall–Kier alpha value is -7.01. The maximum atomic E-state index is 6.82. The first-order valence-corrected chi connectivity index (χ1v) is 19.3. The summed E-state index contributed by atoms with van der Waals surface area (Å²) in [4.78, 5) is 7.70. The Bertz CT molecular complexity index is 3180. The lowest BCUT2D eigenvalue weighted by molar-refractivity contribution is 0.669. The van der Waals surface area contributed by atoms with E-state index in [4.69, 9.17) is 9.40 Å². The van der Waals surface area contributed by atoms with E-state index >= 15 is 0 Å². The fraction of sp³-hybridized carbons (Fsp3) is 0. The van der Waals surface area contributed by atoms with Crippen LogP contribution < -0.4 is 4.90 Å². The molecular weight excluding hydrogens is 689 g/mol. The van der Waals surface area contributed by atoms with Gasteiger partial charge < -0.3 is 9.32 Å². The van der Waals surface area contributed by atoms with E-state index in [0.717, 1.165) is 70.9 Å². The average Bonchev–Trinajstić information content (AvgIpc) is 3.86. The fourth-order valence-corrected chi connectivity index (χ4v) is 8.97. The molecule has 0 bridgehead atoms. The average molecular weight is 721 g/mol. The van der Waals surface area contributed by atoms with Crippen molar-refractivity contribution in [3.8, 4) is 32.8 Å². The third-order valence-corrected chi connectivity index (χ3v) is 11.7. The molecule has 0 spiro atoms. The fourth-order valence-electron chi connectivity index (χ4n) is 7.96. The highest BCUT2D eigenvalue weighted by molar-refractivity contribution is 7.21. The van der Waals surface area contributed by atoms with Crippen molar-refractivity contribution in [1.29, 1.82) is 0 Å². The highest BCUT2D eigenvalue weighted by Gasteiger charge is 2.25. The molecule has 0 aliphatic rings. The zero-order valence-electron chi connectivity index (χ0n) is 29.7. The van der Waals surface area contributed by atoms with Gasteiger partial charge in [-0.25, -0.2) is 4.98 Å². The van der Waals surface area contributed by atoms with Gasteiger partial charge >= 0.3 is 0 Å². The van der Waals surface area contributed by atoms with E-state index in [-0.39, 0.29) is 0 Å². The van der Waals surface area contributed by atoms with Crippen LogP contribution >= 0.6 is 11.3 Å². The predicted octanol–water partition coefficient (Wildman–Crippen LogP) is 15.0. The van der Waals surface area contributed by atoms with Crippen molar-refractivity contribution in [2.24, 2.45) is 0 Å². The van der Waals surface area contributed by atoms with Crippen LogP contribution in [0.3, 0.4) is 0 Å². The molecule has 2 heterocycles. The van der Waals surface area contributed by atoms with Gasteiger partial charge in [0.05, 0.1) is 4.70 Å². The van der Waals surface area contributed by atoms with Crippen molar-refractivity contribution in [1.82, 2.24) is 4.98 Å². The minimum absolute atomic E-state index is 0.816. The van der Waals surface area contributed by atoms with E-state index in [2.05, 4.69) is 187 Å². The van der Waals surface area contributed by atoms with Crippen LogP contribution in [-0.4, -0.2) is 4.98 Å². The van der Waals surface area contributed by atoms with Crippen molar-refractivity contribution < 1.29 is 4.42 Å². The Morgan fingerprint density at radius 3 is 1.69 bits per heavy atom. The molecule has 0 aliphatic carbocycles. The lowest BCUT2D eigenvalue weighted by Crippen LogP contribution is -2.11. The Morgan fingerprint density at radius 2 is 0.964 bits per heavy atom. The molecule has 0 unspecified atom stereocenters. The van der Waals surface area contributed by atoms with Crippen LogP contribution in [0.1, 0.15) is 0 Å². The molecule has 0 atom stereocenters. The number of fused-ring (bicyclic) bond motifs is 7. The molecule has 2 aromatic heterocycles. The van der Waals surface area contributed by atoms with E-state index in [1.165, 1.54) is 32.7 Å². The molecule has 0 radical (unpaired) electrons. The molecule has 9 aromatic carbocycles. The number of benzene rings is 9. The van der Waals surface area contributed by atoms with E-state index < -0.39 is 0 Å². The second kappa shape index (κ2) is 12.8. The molecule has 11 aromatic rings. The lowest BCUT2D eigenvalue weighted by Gasteiger charge is -2.26. The van der Waals surface area contributed by atoms with Crippen LogP contribution in [0.15, 0.2) is 199 Å². The molecule has 11 rings (SSSR count). The van der Waals surface area contributed by atoms with E-state index in [1.807, 2.05) is 12.1 Å². The molecule has 0 aliphatic heterocycles. The number of hydrogen-bond donors (Lipinski definition) is 0. The first kappa shape index (κ1) is 31.5. The standard InChI is InChI=1S/C51H32N2OS/c1-3-11-33(12-4-1)34-23-27-40(28-24-34)53(41-29-25-35(26-30-41)39-22-21-37-20-19-36-13-7-8-16-42(36)44(37)31-39)49-48-47(55-51(52-48)38-14-5-2-6-15-38)32-45-43-17-9-10-18-46(43)54-50(45)49/h1-32H. The molecule has 55 heavy (non-hydrogen) atoms. The maximum absolute atomic E-state index is 6.82. The SMILES string of the molecule is c1ccc(-c2ccc(N(c3ccc(-c4ccc5ccc6ccccc6c5c4)cc3)c3c4nc(-c5ccccc5)sc4cc4c3oc3ccccc34)cc2)cc1. The van der Waals surface area contributed by atoms with Crippen molar-refractivity contribution in [2.45, 2.75) is 0 Å². The topological polar surface area (TPSA) is 29.3 Å². The predicted molar refractivity (Wildman–Crippen MR) is 233 cm³/mol. The van der Waals surface area contributed by atoms with Gasteiger partial charge in [0.15, 0.2) is 5.58 Å². The molecule has 0 saturated heterocycles. The molecule has 258 valence electrons. The summed E-state index contributed by atoms with van der Waals surface area (Å²) in [6.07, 6.45) is 0. The van der Waals surface area contributed by atoms with E-state index in [0.29, 0.717) is 0 Å². The minimum Gasteiger partial charge on any atom is -0.454 e. The maximum Gasteiger partial charge on any atom is 0.161 e. The Kier molecular flexibility index (Phi) is 7.35. The van der Waals surface area contributed by atoms with Gasteiger partial charge in [-0.1, -0.05) is 152 Å². The second-order valence-electron chi connectivity index (χ2n) is 13.9. The lowest BCUT2D eigenvalue weighted by atomic mass is 9.97. The molecule has 0 fully saturated rings. The van der Waals surface area contributed by atoms with Crippen molar-refractivity contribution in [3.05, 3.63) is 194 Å². The van der Waals surface area contributed by atoms with Gasteiger partial charge in [-0.15, -0.1) is 11.3 Å². The summed E-state index contributed by atoms with van der Waals surface area (Å²) in [6.45, 7) is 0. The number of furan rings is 1. The van der Waals surface area contributed by atoms with Crippen LogP contribution in [0.25, 0.3) is 86.5 Å². The zero-order chi connectivity index (χ0) is 36.3. The monoisotopic (exact) mass is 720 g/mol. The summed E-state index contributed by atoms with van der Waals surface area (Å²) in [7, 11) is 0. The molecule has 0 N–H and O–H groups in total. The third kappa shape index (κ3) is 5.38. The molecule has 4 heteroatoms.